The van der Waals surface area contributed by atoms with E-state index in [1.807, 2.05) is 12.1 Å². The lowest BCUT2D eigenvalue weighted by atomic mass is 10.0. The van der Waals surface area contributed by atoms with Gasteiger partial charge in [-0.2, -0.15) is 0 Å². The molecule has 0 heterocycles. The normalized spacial score (nSPS) is 11.5. The largest absolute Gasteiger partial charge is 0.494 e. The molecule has 132 valence electrons. The van der Waals surface area contributed by atoms with Crippen LogP contribution in [0.4, 0.5) is 0 Å². The molecule has 1 unspecified atom stereocenters. The van der Waals surface area contributed by atoms with Crippen LogP contribution in [0, 0.1) is 5.92 Å². The molecule has 0 aromatic heterocycles. The molecule has 0 saturated carbocycles. The van der Waals surface area contributed by atoms with Gasteiger partial charge in [-0.05, 0) is 43.0 Å². The molecular formula is C17H29ClN2O3. The quantitative estimate of drug-likeness (QED) is 0.684. The lowest BCUT2D eigenvalue weighted by Gasteiger charge is -2.18. The van der Waals surface area contributed by atoms with Crippen LogP contribution in [0.1, 0.15) is 33.6 Å². The highest BCUT2D eigenvalue weighted by Crippen LogP contribution is 2.17. The summed E-state index contributed by atoms with van der Waals surface area (Å²) in [6.45, 7) is 7.39. The van der Waals surface area contributed by atoms with Crippen molar-refractivity contribution in [2.45, 2.75) is 39.7 Å². The van der Waals surface area contributed by atoms with E-state index in [1.54, 1.807) is 12.1 Å². The zero-order valence-corrected chi connectivity index (χ0v) is 15.0. The van der Waals surface area contributed by atoms with Gasteiger partial charge in [0.05, 0.1) is 6.61 Å². The summed E-state index contributed by atoms with van der Waals surface area (Å²) in [4.78, 5) is 11.9. The van der Waals surface area contributed by atoms with Crippen LogP contribution in [0.5, 0.6) is 11.5 Å². The Bertz CT molecular complexity index is 438. The van der Waals surface area contributed by atoms with Crippen molar-refractivity contribution in [3.05, 3.63) is 24.3 Å². The minimum atomic E-state index is -0.151. The lowest BCUT2D eigenvalue weighted by molar-refractivity contribution is -0.123. The Balaban J connectivity index is 0.00000484. The van der Waals surface area contributed by atoms with E-state index >= 15 is 0 Å². The number of rotatable bonds is 10. The van der Waals surface area contributed by atoms with E-state index < -0.39 is 0 Å². The highest BCUT2D eigenvalue weighted by atomic mass is 35.5. The Hall–Kier alpha value is -1.46. The third-order valence-corrected chi connectivity index (χ3v) is 3.07. The van der Waals surface area contributed by atoms with Crippen LogP contribution in [-0.4, -0.2) is 31.7 Å². The minimum absolute atomic E-state index is 0. The van der Waals surface area contributed by atoms with E-state index in [9.17, 15) is 4.79 Å². The minimum Gasteiger partial charge on any atom is -0.494 e. The second-order valence-electron chi connectivity index (χ2n) is 5.74. The fourth-order valence-corrected chi connectivity index (χ4v) is 2.05. The molecule has 1 amide bonds. The smallest absolute Gasteiger partial charge is 0.258 e. The van der Waals surface area contributed by atoms with Crippen molar-refractivity contribution in [2.75, 3.05) is 19.8 Å². The van der Waals surface area contributed by atoms with Crippen LogP contribution < -0.4 is 20.5 Å². The van der Waals surface area contributed by atoms with Crippen LogP contribution in [0.15, 0.2) is 24.3 Å². The van der Waals surface area contributed by atoms with Crippen molar-refractivity contribution in [1.29, 1.82) is 0 Å². The molecule has 0 saturated heterocycles. The predicted molar refractivity (Wildman–Crippen MR) is 95.4 cm³/mol. The van der Waals surface area contributed by atoms with Gasteiger partial charge < -0.3 is 20.5 Å². The van der Waals surface area contributed by atoms with E-state index in [1.165, 1.54) is 0 Å². The molecule has 5 nitrogen and oxygen atoms in total. The fraction of sp³-hybridized carbons (Fsp3) is 0.588. The van der Waals surface area contributed by atoms with Gasteiger partial charge in [0.25, 0.3) is 5.91 Å². The summed E-state index contributed by atoms with van der Waals surface area (Å²) >= 11 is 0. The third kappa shape index (κ3) is 9.31. The summed E-state index contributed by atoms with van der Waals surface area (Å²) in [7, 11) is 0. The first-order chi connectivity index (χ1) is 10.5. The molecule has 23 heavy (non-hydrogen) atoms. The van der Waals surface area contributed by atoms with Crippen LogP contribution >= 0.6 is 12.4 Å². The third-order valence-electron chi connectivity index (χ3n) is 3.07. The van der Waals surface area contributed by atoms with Gasteiger partial charge in [0, 0.05) is 12.6 Å². The van der Waals surface area contributed by atoms with Gasteiger partial charge in [0.2, 0.25) is 0 Å². The average Bonchev–Trinajstić information content (AvgIpc) is 2.50. The molecule has 0 spiro atoms. The number of carbonyl (C=O) groups is 1. The van der Waals surface area contributed by atoms with Gasteiger partial charge >= 0.3 is 0 Å². The topological polar surface area (TPSA) is 73.6 Å². The molecule has 0 aliphatic rings. The first-order valence-electron chi connectivity index (χ1n) is 7.90. The van der Waals surface area contributed by atoms with Gasteiger partial charge in [-0.15, -0.1) is 12.4 Å². The number of halogens is 1. The molecule has 3 N–H and O–H groups in total. The fourth-order valence-electron chi connectivity index (χ4n) is 2.05. The maximum atomic E-state index is 11.9. The standard InChI is InChI=1S/C17H28N2O3.ClH/c1-4-9-21-15-5-7-16(8-6-15)22-12-17(20)19-14(11-18)10-13(2)3;/h5-8,13-14H,4,9-12,18H2,1-3H3,(H,19,20);1H. The van der Waals surface area contributed by atoms with Gasteiger partial charge in [-0.25, -0.2) is 0 Å². The Labute approximate surface area is 145 Å². The highest BCUT2D eigenvalue weighted by molar-refractivity contribution is 5.85. The maximum absolute atomic E-state index is 11.9. The molecule has 1 rings (SSSR count). The van der Waals surface area contributed by atoms with E-state index in [2.05, 4.69) is 26.1 Å². The number of ether oxygens (including phenoxy) is 2. The average molecular weight is 345 g/mol. The van der Waals surface area contributed by atoms with Crippen molar-refractivity contribution in [3.8, 4) is 11.5 Å². The Morgan fingerprint density at radius 2 is 1.74 bits per heavy atom. The van der Waals surface area contributed by atoms with Crippen LogP contribution in [0.25, 0.3) is 0 Å². The molecule has 1 atom stereocenters. The van der Waals surface area contributed by atoms with Crippen molar-refractivity contribution >= 4 is 18.3 Å². The predicted octanol–water partition coefficient (Wildman–Crippen LogP) is 2.77. The zero-order valence-electron chi connectivity index (χ0n) is 14.2. The molecular weight excluding hydrogens is 316 g/mol. The molecule has 0 aliphatic heterocycles. The molecule has 0 aliphatic carbocycles. The second-order valence-corrected chi connectivity index (χ2v) is 5.74. The van der Waals surface area contributed by atoms with E-state index in [0.717, 1.165) is 18.6 Å². The van der Waals surface area contributed by atoms with Crippen molar-refractivity contribution < 1.29 is 14.3 Å². The van der Waals surface area contributed by atoms with E-state index in [0.29, 0.717) is 24.8 Å². The second kappa shape index (κ2) is 12.0. The number of nitrogens with two attached hydrogens (primary N) is 1. The van der Waals surface area contributed by atoms with Crippen LogP contribution in [0.2, 0.25) is 0 Å². The Kier molecular flexibility index (Phi) is 11.3. The number of hydrogen-bond acceptors (Lipinski definition) is 4. The SMILES string of the molecule is CCCOc1ccc(OCC(=O)NC(CN)CC(C)C)cc1.Cl. The zero-order chi connectivity index (χ0) is 16.4. The molecule has 0 radical (unpaired) electrons. The number of benzene rings is 1. The van der Waals surface area contributed by atoms with E-state index in [4.69, 9.17) is 15.2 Å². The number of carbonyl (C=O) groups excluding carboxylic acids is 1. The maximum Gasteiger partial charge on any atom is 0.258 e. The van der Waals surface area contributed by atoms with Crippen molar-refractivity contribution in [1.82, 2.24) is 5.32 Å². The first-order valence-corrected chi connectivity index (χ1v) is 7.90. The number of nitrogens with one attached hydrogen (secondary N) is 1. The first kappa shape index (κ1) is 21.5. The summed E-state index contributed by atoms with van der Waals surface area (Å²) in [6, 6.07) is 7.27. The van der Waals surface area contributed by atoms with Crippen molar-refractivity contribution in [2.24, 2.45) is 11.7 Å². The Morgan fingerprint density at radius 3 is 2.22 bits per heavy atom. The van der Waals surface area contributed by atoms with Gasteiger partial charge in [0.1, 0.15) is 11.5 Å². The molecule has 6 heteroatoms. The van der Waals surface area contributed by atoms with Crippen molar-refractivity contribution in [3.63, 3.8) is 0 Å². The van der Waals surface area contributed by atoms with Gasteiger partial charge in [-0.1, -0.05) is 20.8 Å². The summed E-state index contributed by atoms with van der Waals surface area (Å²) in [5.74, 6) is 1.79. The summed E-state index contributed by atoms with van der Waals surface area (Å²) in [5.41, 5.74) is 5.66. The Morgan fingerprint density at radius 1 is 1.17 bits per heavy atom. The van der Waals surface area contributed by atoms with Crippen LogP contribution in [0.3, 0.4) is 0 Å². The number of amides is 1. The monoisotopic (exact) mass is 344 g/mol. The van der Waals surface area contributed by atoms with Gasteiger partial charge in [-0.3, -0.25) is 4.79 Å². The summed E-state index contributed by atoms with van der Waals surface area (Å²) in [6.07, 6.45) is 1.84. The van der Waals surface area contributed by atoms with Gasteiger partial charge in [0.15, 0.2) is 6.61 Å². The number of hydrogen-bond donors (Lipinski definition) is 2. The summed E-state index contributed by atoms with van der Waals surface area (Å²) in [5, 5.41) is 2.89. The van der Waals surface area contributed by atoms with Crippen LogP contribution in [-0.2, 0) is 4.79 Å². The molecule has 1 aromatic carbocycles. The molecule has 0 bridgehead atoms. The molecule has 0 fully saturated rings. The lowest BCUT2D eigenvalue weighted by Crippen LogP contribution is -2.43. The molecule has 1 aromatic rings. The highest BCUT2D eigenvalue weighted by Gasteiger charge is 2.12. The summed E-state index contributed by atoms with van der Waals surface area (Å²) < 4.78 is 11.0. The van der Waals surface area contributed by atoms with E-state index in [-0.39, 0.29) is 31.0 Å².